The van der Waals surface area contributed by atoms with Gasteiger partial charge in [-0.15, -0.1) is 0 Å². The van der Waals surface area contributed by atoms with Gasteiger partial charge in [0, 0.05) is 21.5 Å². The van der Waals surface area contributed by atoms with Gasteiger partial charge >= 0.3 is 0 Å². The van der Waals surface area contributed by atoms with Crippen LogP contribution in [0, 0.1) is 0 Å². The summed E-state index contributed by atoms with van der Waals surface area (Å²) in [5, 5.41) is 10.8. The maximum atomic E-state index is 2.51. The lowest BCUT2D eigenvalue weighted by Gasteiger charge is -2.13. The van der Waals surface area contributed by atoms with Crippen molar-refractivity contribution in [3.05, 3.63) is 127 Å². The molecule has 2 aromatic heterocycles. The zero-order chi connectivity index (χ0) is 24.1. The number of para-hydroxylation sites is 1. The molecule has 0 aliphatic heterocycles. The Morgan fingerprint density at radius 3 is 1.76 bits per heavy atom. The Morgan fingerprint density at radius 1 is 0.351 bits per heavy atom. The number of benzene rings is 7. The molecule has 0 spiro atoms. The second-order valence-corrected chi connectivity index (χ2v) is 10.1. The Hall–Kier alpha value is -4.88. The van der Waals surface area contributed by atoms with Gasteiger partial charge in [-0.3, -0.25) is 0 Å². The fraction of sp³-hybridized carbons (Fsp3) is 0. The minimum absolute atomic E-state index is 1.24. The lowest BCUT2D eigenvalue weighted by Crippen LogP contribution is -1.86. The van der Waals surface area contributed by atoms with E-state index in [4.69, 9.17) is 0 Å². The SMILES string of the molecule is c1ccc(-c2ccc(-c3cc4c5ccccc5c5cccc6c5c4c4c3c3ccccc3n64)cc2)cc1. The molecule has 9 rings (SSSR count). The molecule has 170 valence electrons. The molecule has 7 aromatic carbocycles. The number of aromatic nitrogens is 1. The molecule has 2 heterocycles. The molecule has 0 saturated carbocycles. The highest BCUT2D eigenvalue weighted by atomic mass is 14.9. The van der Waals surface area contributed by atoms with Crippen LogP contribution in [0.15, 0.2) is 127 Å². The standard InChI is InChI=1S/C36H21N/c1-2-9-22(10-3-1)23-17-19-24(20-18-23)29-21-30-26-12-5-4-11-25(26)27-14-8-16-32-34(27)35(30)36-33(29)28-13-6-7-15-31(28)37(32)36/h1-21H. The molecule has 1 heteroatoms. The van der Waals surface area contributed by atoms with Crippen molar-refractivity contribution in [2.75, 3.05) is 0 Å². The molecular weight excluding hydrogens is 446 g/mol. The molecule has 0 radical (unpaired) electrons. The van der Waals surface area contributed by atoms with Crippen molar-refractivity contribution in [1.29, 1.82) is 0 Å². The minimum atomic E-state index is 1.24. The van der Waals surface area contributed by atoms with E-state index in [1.165, 1.54) is 81.9 Å². The Kier molecular flexibility index (Phi) is 3.59. The van der Waals surface area contributed by atoms with Gasteiger partial charge in [0.15, 0.2) is 0 Å². The Morgan fingerprint density at radius 2 is 0.946 bits per heavy atom. The zero-order valence-electron chi connectivity index (χ0n) is 20.1. The molecule has 0 saturated heterocycles. The molecule has 0 N–H and O–H groups in total. The maximum absolute atomic E-state index is 2.51. The van der Waals surface area contributed by atoms with Crippen LogP contribution in [0.25, 0.3) is 81.9 Å². The predicted molar refractivity (Wildman–Crippen MR) is 158 cm³/mol. The number of rotatable bonds is 2. The lowest BCUT2D eigenvalue weighted by molar-refractivity contribution is 1.37. The molecule has 0 fully saturated rings. The molecule has 9 aromatic rings. The molecule has 0 amide bonds. The van der Waals surface area contributed by atoms with Gasteiger partial charge in [0.1, 0.15) is 0 Å². The highest BCUT2D eigenvalue weighted by Gasteiger charge is 2.25. The van der Waals surface area contributed by atoms with Crippen LogP contribution >= 0.6 is 0 Å². The van der Waals surface area contributed by atoms with Crippen molar-refractivity contribution in [1.82, 2.24) is 4.40 Å². The van der Waals surface area contributed by atoms with E-state index in [9.17, 15) is 0 Å². The summed E-state index contributed by atoms with van der Waals surface area (Å²) in [4.78, 5) is 0. The first-order valence-electron chi connectivity index (χ1n) is 12.9. The summed E-state index contributed by atoms with van der Waals surface area (Å²) in [6, 6.07) is 46.8. The summed E-state index contributed by atoms with van der Waals surface area (Å²) in [7, 11) is 0. The van der Waals surface area contributed by atoms with Crippen LogP contribution in [0.2, 0.25) is 0 Å². The van der Waals surface area contributed by atoms with Crippen LogP contribution in [0.3, 0.4) is 0 Å². The topological polar surface area (TPSA) is 4.41 Å². The van der Waals surface area contributed by atoms with E-state index >= 15 is 0 Å². The molecule has 0 unspecified atom stereocenters. The van der Waals surface area contributed by atoms with Gasteiger partial charge in [0.2, 0.25) is 0 Å². The van der Waals surface area contributed by atoms with Gasteiger partial charge in [-0.05, 0) is 62.0 Å². The lowest BCUT2D eigenvalue weighted by atomic mass is 9.89. The van der Waals surface area contributed by atoms with Gasteiger partial charge in [-0.25, -0.2) is 0 Å². The van der Waals surface area contributed by atoms with Crippen LogP contribution in [0.1, 0.15) is 0 Å². The van der Waals surface area contributed by atoms with E-state index in [2.05, 4.69) is 132 Å². The van der Waals surface area contributed by atoms with Gasteiger partial charge in [0.25, 0.3) is 0 Å². The third kappa shape index (κ3) is 2.39. The number of hydrogen-bond acceptors (Lipinski definition) is 0. The highest BCUT2D eigenvalue weighted by Crippen LogP contribution is 2.50. The van der Waals surface area contributed by atoms with Crippen LogP contribution in [-0.2, 0) is 0 Å². The molecule has 0 bridgehead atoms. The van der Waals surface area contributed by atoms with E-state index in [0.29, 0.717) is 0 Å². The summed E-state index contributed by atoms with van der Waals surface area (Å²) in [6.07, 6.45) is 0. The van der Waals surface area contributed by atoms with Gasteiger partial charge in [0.05, 0.1) is 16.6 Å². The van der Waals surface area contributed by atoms with Crippen LogP contribution < -0.4 is 0 Å². The smallest absolute Gasteiger partial charge is 0.0633 e. The average molecular weight is 468 g/mol. The largest absolute Gasteiger partial charge is 0.308 e. The second kappa shape index (κ2) is 6.87. The number of nitrogens with zero attached hydrogens (tertiary/aromatic N) is 1. The van der Waals surface area contributed by atoms with Crippen molar-refractivity contribution in [3.8, 4) is 22.3 Å². The summed E-state index contributed by atoms with van der Waals surface area (Å²) in [6.45, 7) is 0. The molecule has 1 nitrogen and oxygen atoms in total. The third-order valence-electron chi connectivity index (χ3n) is 8.28. The Balaban J connectivity index is 1.49. The molecule has 0 aliphatic rings. The van der Waals surface area contributed by atoms with E-state index in [1.807, 2.05) is 0 Å². The summed E-state index contributed by atoms with van der Waals surface area (Å²) < 4.78 is 2.51. The average Bonchev–Trinajstić information content (AvgIpc) is 3.50. The maximum Gasteiger partial charge on any atom is 0.0633 e. The van der Waals surface area contributed by atoms with E-state index in [0.717, 1.165) is 0 Å². The summed E-state index contributed by atoms with van der Waals surface area (Å²) in [5.41, 5.74) is 8.96. The van der Waals surface area contributed by atoms with Crippen molar-refractivity contribution in [3.63, 3.8) is 0 Å². The highest BCUT2D eigenvalue weighted by molar-refractivity contribution is 6.40. The molecule has 0 atom stereocenters. The van der Waals surface area contributed by atoms with Gasteiger partial charge < -0.3 is 4.40 Å². The first-order chi connectivity index (χ1) is 18.4. The Labute approximate surface area is 213 Å². The first kappa shape index (κ1) is 19.3. The van der Waals surface area contributed by atoms with Crippen LogP contribution in [0.5, 0.6) is 0 Å². The molecular formula is C36H21N. The number of fused-ring (bicyclic) bond motifs is 7. The van der Waals surface area contributed by atoms with E-state index in [1.54, 1.807) is 0 Å². The number of hydrogen-bond donors (Lipinski definition) is 0. The van der Waals surface area contributed by atoms with Crippen LogP contribution in [0.4, 0.5) is 0 Å². The summed E-state index contributed by atoms with van der Waals surface area (Å²) in [5.74, 6) is 0. The van der Waals surface area contributed by atoms with Crippen molar-refractivity contribution < 1.29 is 0 Å². The molecule has 0 aliphatic carbocycles. The third-order valence-corrected chi connectivity index (χ3v) is 8.28. The Bertz CT molecular complexity index is 2260. The van der Waals surface area contributed by atoms with Crippen LogP contribution in [-0.4, -0.2) is 4.40 Å². The second-order valence-electron chi connectivity index (χ2n) is 10.1. The fourth-order valence-electron chi connectivity index (χ4n) is 6.75. The molecule has 37 heavy (non-hydrogen) atoms. The van der Waals surface area contributed by atoms with E-state index < -0.39 is 0 Å². The minimum Gasteiger partial charge on any atom is -0.308 e. The first-order valence-corrected chi connectivity index (χ1v) is 12.9. The van der Waals surface area contributed by atoms with Gasteiger partial charge in [-0.1, -0.05) is 109 Å². The fourth-order valence-corrected chi connectivity index (χ4v) is 6.75. The van der Waals surface area contributed by atoms with Crippen molar-refractivity contribution >= 4 is 59.6 Å². The summed E-state index contributed by atoms with van der Waals surface area (Å²) >= 11 is 0. The predicted octanol–water partition coefficient (Wildman–Crippen LogP) is 9.91. The van der Waals surface area contributed by atoms with Crippen molar-refractivity contribution in [2.24, 2.45) is 0 Å². The normalized spacial score (nSPS) is 12.3. The van der Waals surface area contributed by atoms with Gasteiger partial charge in [-0.2, -0.15) is 0 Å². The quantitative estimate of drug-likeness (QED) is 0.223. The van der Waals surface area contributed by atoms with E-state index in [-0.39, 0.29) is 0 Å². The monoisotopic (exact) mass is 467 g/mol. The zero-order valence-corrected chi connectivity index (χ0v) is 20.1. The van der Waals surface area contributed by atoms with Crippen molar-refractivity contribution in [2.45, 2.75) is 0 Å².